The van der Waals surface area contributed by atoms with Crippen molar-refractivity contribution in [3.63, 3.8) is 0 Å². The van der Waals surface area contributed by atoms with Crippen molar-refractivity contribution in [3.8, 4) is 0 Å². The SMILES string of the molecule is Fc1ccc(C(=C2C3CCC2N=N3)c2ccccc2)cc1. The summed E-state index contributed by atoms with van der Waals surface area (Å²) in [6.07, 6.45) is 2.14. The van der Waals surface area contributed by atoms with E-state index in [0.29, 0.717) is 0 Å². The van der Waals surface area contributed by atoms with E-state index in [0.717, 1.165) is 24.0 Å². The molecule has 0 radical (unpaired) electrons. The molecular formula is C18H15FN2. The lowest BCUT2D eigenvalue weighted by molar-refractivity contribution is 0.627. The molecule has 2 nitrogen and oxygen atoms in total. The van der Waals surface area contributed by atoms with Crippen LogP contribution in [0.5, 0.6) is 0 Å². The lowest BCUT2D eigenvalue weighted by Gasteiger charge is -2.14. The topological polar surface area (TPSA) is 24.7 Å². The van der Waals surface area contributed by atoms with Crippen LogP contribution < -0.4 is 0 Å². The van der Waals surface area contributed by atoms with Crippen LogP contribution in [0.4, 0.5) is 4.39 Å². The van der Waals surface area contributed by atoms with Gasteiger partial charge in [0.15, 0.2) is 0 Å². The quantitative estimate of drug-likeness (QED) is 0.765. The Bertz CT molecular complexity index is 701. The molecule has 2 aromatic carbocycles. The van der Waals surface area contributed by atoms with Gasteiger partial charge in [-0.25, -0.2) is 4.39 Å². The lowest BCUT2D eigenvalue weighted by atomic mass is 9.90. The second-order valence-electron chi connectivity index (χ2n) is 5.54. The number of fused-ring (bicyclic) bond motifs is 2. The smallest absolute Gasteiger partial charge is 0.123 e. The number of rotatable bonds is 2. The highest BCUT2D eigenvalue weighted by Gasteiger charge is 2.38. The summed E-state index contributed by atoms with van der Waals surface area (Å²) in [6, 6.07) is 17.4. The van der Waals surface area contributed by atoms with Crippen LogP contribution in [0.3, 0.4) is 0 Å². The van der Waals surface area contributed by atoms with E-state index in [1.807, 2.05) is 30.3 Å². The molecule has 0 saturated heterocycles. The van der Waals surface area contributed by atoms with Gasteiger partial charge in [-0.15, -0.1) is 0 Å². The van der Waals surface area contributed by atoms with E-state index in [1.165, 1.54) is 23.3 Å². The van der Waals surface area contributed by atoms with Crippen LogP contribution in [0.15, 0.2) is 70.4 Å². The van der Waals surface area contributed by atoms with Crippen LogP contribution in [-0.2, 0) is 0 Å². The summed E-state index contributed by atoms with van der Waals surface area (Å²) in [6.45, 7) is 0. The molecule has 2 atom stereocenters. The monoisotopic (exact) mass is 278 g/mol. The predicted molar refractivity (Wildman–Crippen MR) is 80.5 cm³/mol. The molecule has 1 aliphatic heterocycles. The Labute approximate surface area is 123 Å². The van der Waals surface area contributed by atoms with Crippen LogP contribution in [0.2, 0.25) is 0 Å². The summed E-state index contributed by atoms with van der Waals surface area (Å²) in [4.78, 5) is 0. The molecule has 1 fully saturated rings. The maximum absolute atomic E-state index is 13.2. The van der Waals surface area contributed by atoms with Crippen LogP contribution in [-0.4, -0.2) is 12.1 Å². The van der Waals surface area contributed by atoms with Gasteiger partial charge in [-0.3, -0.25) is 0 Å². The van der Waals surface area contributed by atoms with Gasteiger partial charge in [0.05, 0.1) is 12.1 Å². The van der Waals surface area contributed by atoms with Crippen molar-refractivity contribution in [2.45, 2.75) is 24.9 Å². The summed E-state index contributed by atoms with van der Waals surface area (Å²) in [5.74, 6) is -0.208. The molecule has 2 bridgehead atoms. The van der Waals surface area contributed by atoms with E-state index in [4.69, 9.17) is 0 Å². The fourth-order valence-electron chi connectivity index (χ4n) is 3.30. The molecule has 0 N–H and O–H groups in total. The van der Waals surface area contributed by atoms with Gasteiger partial charge < -0.3 is 0 Å². The molecule has 0 aromatic heterocycles. The van der Waals surface area contributed by atoms with Crippen molar-refractivity contribution >= 4 is 5.57 Å². The Morgan fingerprint density at radius 2 is 1.38 bits per heavy atom. The minimum absolute atomic E-state index is 0.204. The Balaban J connectivity index is 1.92. The van der Waals surface area contributed by atoms with Crippen molar-refractivity contribution in [3.05, 3.63) is 77.1 Å². The maximum Gasteiger partial charge on any atom is 0.123 e. The van der Waals surface area contributed by atoms with E-state index in [1.54, 1.807) is 0 Å². The summed E-state index contributed by atoms with van der Waals surface area (Å²) in [5.41, 5.74) is 4.67. The summed E-state index contributed by atoms with van der Waals surface area (Å²) >= 11 is 0. The molecule has 21 heavy (non-hydrogen) atoms. The number of azo groups is 1. The van der Waals surface area contributed by atoms with E-state index in [-0.39, 0.29) is 17.9 Å². The molecule has 1 heterocycles. The van der Waals surface area contributed by atoms with Crippen molar-refractivity contribution < 1.29 is 4.39 Å². The van der Waals surface area contributed by atoms with Gasteiger partial charge in [-0.1, -0.05) is 42.5 Å². The fourth-order valence-corrected chi connectivity index (χ4v) is 3.30. The highest BCUT2D eigenvalue weighted by molar-refractivity contribution is 5.84. The maximum atomic E-state index is 13.2. The third kappa shape index (κ3) is 2.09. The zero-order valence-electron chi connectivity index (χ0n) is 11.5. The third-order valence-electron chi connectivity index (χ3n) is 4.26. The highest BCUT2D eigenvalue weighted by Crippen LogP contribution is 2.43. The van der Waals surface area contributed by atoms with Crippen molar-refractivity contribution in [2.24, 2.45) is 10.2 Å². The average molecular weight is 278 g/mol. The van der Waals surface area contributed by atoms with Crippen LogP contribution in [0.1, 0.15) is 24.0 Å². The second-order valence-corrected chi connectivity index (χ2v) is 5.54. The molecule has 1 saturated carbocycles. The molecule has 2 aromatic rings. The van der Waals surface area contributed by atoms with E-state index in [2.05, 4.69) is 22.4 Å². The van der Waals surface area contributed by atoms with Crippen LogP contribution in [0.25, 0.3) is 5.57 Å². The summed E-state index contributed by atoms with van der Waals surface area (Å²) in [5, 5.41) is 8.74. The molecule has 2 aliphatic rings. The average Bonchev–Trinajstić information content (AvgIpc) is 3.11. The van der Waals surface area contributed by atoms with Crippen LogP contribution in [0, 0.1) is 5.82 Å². The molecule has 0 amide bonds. The zero-order chi connectivity index (χ0) is 14.2. The molecule has 3 heteroatoms. The standard InChI is InChI=1S/C18H15FN2/c19-14-8-6-13(7-9-14)17(12-4-2-1-3-5-12)18-15-10-11-16(18)21-20-15/h1-9,15-16H,10-11H2. The first-order valence-corrected chi connectivity index (χ1v) is 7.28. The van der Waals surface area contributed by atoms with E-state index < -0.39 is 0 Å². The molecule has 1 aliphatic carbocycles. The number of hydrogen-bond acceptors (Lipinski definition) is 2. The van der Waals surface area contributed by atoms with Crippen LogP contribution >= 0.6 is 0 Å². The molecule has 2 unspecified atom stereocenters. The highest BCUT2D eigenvalue weighted by atomic mass is 19.1. The van der Waals surface area contributed by atoms with Gasteiger partial charge in [0.2, 0.25) is 0 Å². The first-order chi connectivity index (χ1) is 10.3. The van der Waals surface area contributed by atoms with Gasteiger partial charge in [0.1, 0.15) is 5.82 Å². The molecule has 4 rings (SSSR count). The summed E-state index contributed by atoms with van der Waals surface area (Å²) in [7, 11) is 0. The summed E-state index contributed by atoms with van der Waals surface area (Å²) < 4.78 is 13.2. The Hall–Kier alpha value is -2.29. The van der Waals surface area contributed by atoms with Crippen molar-refractivity contribution in [1.29, 1.82) is 0 Å². The lowest BCUT2D eigenvalue weighted by Crippen LogP contribution is -2.05. The van der Waals surface area contributed by atoms with Gasteiger partial charge in [-0.05, 0) is 47.2 Å². The van der Waals surface area contributed by atoms with Gasteiger partial charge >= 0.3 is 0 Å². The van der Waals surface area contributed by atoms with E-state index >= 15 is 0 Å². The van der Waals surface area contributed by atoms with Crippen molar-refractivity contribution in [2.75, 3.05) is 0 Å². The van der Waals surface area contributed by atoms with Gasteiger partial charge in [0.25, 0.3) is 0 Å². The minimum Gasteiger partial charge on any atom is -0.207 e. The van der Waals surface area contributed by atoms with Gasteiger partial charge in [0, 0.05) is 0 Å². The Morgan fingerprint density at radius 1 is 0.810 bits per heavy atom. The number of benzene rings is 2. The molecule has 104 valence electrons. The Kier molecular flexibility index (Phi) is 2.92. The largest absolute Gasteiger partial charge is 0.207 e. The Morgan fingerprint density at radius 3 is 1.95 bits per heavy atom. The minimum atomic E-state index is -0.208. The molecular weight excluding hydrogens is 263 g/mol. The number of hydrogen-bond donors (Lipinski definition) is 0. The number of nitrogens with zero attached hydrogens (tertiary/aromatic N) is 2. The van der Waals surface area contributed by atoms with Gasteiger partial charge in [-0.2, -0.15) is 10.2 Å². The zero-order valence-corrected chi connectivity index (χ0v) is 11.5. The molecule has 0 spiro atoms. The van der Waals surface area contributed by atoms with E-state index in [9.17, 15) is 4.39 Å². The first-order valence-electron chi connectivity index (χ1n) is 7.28. The predicted octanol–water partition coefficient (Wildman–Crippen LogP) is 4.62. The van der Waals surface area contributed by atoms with Crippen molar-refractivity contribution in [1.82, 2.24) is 0 Å². The number of halogens is 1. The fraction of sp³-hybridized carbons (Fsp3) is 0.222. The first kappa shape index (κ1) is 12.5. The third-order valence-corrected chi connectivity index (χ3v) is 4.26. The second kappa shape index (κ2) is 4.92. The normalized spacial score (nSPS) is 22.8.